The van der Waals surface area contributed by atoms with Gasteiger partial charge in [-0.15, -0.1) is 0 Å². The largest absolute Gasteiger partial charge is 0.285 e. The molecule has 0 atom stereocenters. The van der Waals surface area contributed by atoms with Crippen LogP contribution in [0.2, 0.25) is 0 Å². The molecule has 0 bridgehead atoms. The van der Waals surface area contributed by atoms with E-state index in [0.29, 0.717) is 5.56 Å². The topological polar surface area (TPSA) is 54.4 Å². The first-order chi connectivity index (χ1) is 15.0. The lowest BCUT2D eigenvalue weighted by atomic mass is 9.86. The van der Waals surface area contributed by atoms with Gasteiger partial charge < -0.3 is 0 Å². The smallest absolute Gasteiger partial charge is 0.269 e. The second kappa shape index (κ2) is 7.65. The molecule has 0 saturated heterocycles. The predicted molar refractivity (Wildman–Crippen MR) is 128 cm³/mol. The molecule has 0 aromatic heterocycles. The molecule has 0 amide bonds. The van der Waals surface area contributed by atoms with Crippen molar-refractivity contribution in [2.75, 3.05) is 0 Å². The molecule has 0 saturated carbocycles. The van der Waals surface area contributed by atoms with E-state index in [0.717, 1.165) is 21.9 Å². The number of rotatable bonds is 4. The zero-order valence-corrected chi connectivity index (χ0v) is 17.5. The van der Waals surface area contributed by atoms with Gasteiger partial charge >= 0.3 is 0 Å². The molecular formula is C27H20O3S. The van der Waals surface area contributed by atoms with Gasteiger partial charge in [0.25, 0.3) is 10.1 Å². The molecule has 4 heteroatoms. The maximum atomic E-state index is 11.2. The molecule has 0 aliphatic heterocycles. The zero-order valence-electron chi connectivity index (χ0n) is 16.7. The highest BCUT2D eigenvalue weighted by Crippen LogP contribution is 2.43. The Morgan fingerprint density at radius 1 is 0.516 bits per heavy atom. The van der Waals surface area contributed by atoms with Gasteiger partial charge in [0.1, 0.15) is 5.75 Å². The van der Waals surface area contributed by atoms with E-state index >= 15 is 0 Å². The summed E-state index contributed by atoms with van der Waals surface area (Å²) in [5.41, 5.74) is 5.06. The van der Waals surface area contributed by atoms with Gasteiger partial charge in [0, 0.05) is 0 Å². The van der Waals surface area contributed by atoms with Gasteiger partial charge in [-0.1, -0.05) is 103 Å². The van der Waals surface area contributed by atoms with E-state index in [2.05, 4.69) is 60.7 Å². The van der Waals surface area contributed by atoms with Crippen LogP contribution in [-0.2, 0) is 15.9 Å². The van der Waals surface area contributed by atoms with Gasteiger partial charge in [-0.3, -0.25) is 4.55 Å². The molecule has 5 rings (SSSR count). The number of hydrogen-bond acceptors (Lipinski definition) is 2. The van der Waals surface area contributed by atoms with Crippen molar-refractivity contribution < 1.29 is 13.0 Å². The summed E-state index contributed by atoms with van der Waals surface area (Å²) < 4.78 is 31.6. The Hall–Kier alpha value is -3.47. The van der Waals surface area contributed by atoms with Crippen LogP contribution in [0.3, 0.4) is 0 Å². The van der Waals surface area contributed by atoms with Gasteiger partial charge in [0.05, 0.1) is 0 Å². The maximum Gasteiger partial charge on any atom is 0.269 e. The molecule has 5 aromatic carbocycles. The molecule has 0 spiro atoms. The fourth-order valence-corrected chi connectivity index (χ4v) is 4.95. The van der Waals surface area contributed by atoms with E-state index in [-0.39, 0.29) is 5.75 Å². The van der Waals surface area contributed by atoms with E-state index in [4.69, 9.17) is 4.55 Å². The highest BCUT2D eigenvalue weighted by molar-refractivity contribution is 7.85. The number of hydrogen-bond donors (Lipinski definition) is 1. The number of benzene rings is 5. The normalized spacial score (nSPS) is 11.8. The standard InChI is InChI=1S/C27H20O3S/c28-31(29,30)18-19-14-16-21(17-15-19)27-24-12-6-4-10-22(24)26(20-8-2-1-3-9-20)23-11-5-7-13-25(23)27/h1-17H,18H2,(H,28,29,30). The van der Waals surface area contributed by atoms with Gasteiger partial charge in [0.15, 0.2) is 0 Å². The van der Waals surface area contributed by atoms with Crippen molar-refractivity contribution in [2.45, 2.75) is 5.75 Å². The van der Waals surface area contributed by atoms with Crippen LogP contribution in [-0.4, -0.2) is 13.0 Å². The summed E-state index contributed by atoms with van der Waals surface area (Å²) in [5, 5.41) is 4.62. The van der Waals surface area contributed by atoms with Crippen LogP contribution >= 0.6 is 0 Å². The van der Waals surface area contributed by atoms with Crippen molar-refractivity contribution in [3.8, 4) is 22.3 Å². The van der Waals surface area contributed by atoms with E-state index in [1.807, 2.05) is 30.3 Å². The fourth-order valence-electron chi connectivity index (χ4n) is 4.33. The van der Waals surface area contributed by atoms with E-state index in [9.17, 15) is 8.42 Å². The highest BCUT2D eigenvalue weighted by atomic mass is 32.2. The van der Waals surface area contributed by atoms with Gasteiger partial charge in [-0.05, 0) is 49.4 Å². The maximum absolute atomic E-state index is 11.2. The second-order valence-corrected chi connectivity index (χ2v) is 9.08. The quantitative estimate of drug-likeness (QED) is 0.257. The molecule has 0 aliphatic rings. The average Bonchev–Trinajstić information content (AvgIpc) is 2.77. The second-order valence-electron chi connectivity index (χ2n) is 7.63. The Bertz CT molecular complexity index is 1450. The van der Waals surface area contributed by atoms with Crippen molar-refractivity contribution in [1.82, 2.24) is 0 Å². The summed E-state index contributed by atoms with van der Waals surface area (Å²) >= 11 is 0. The summed E-state index contributed by atoms with van der Waals surface area (Å²) in [6.45, 7) is 0. The Morgan fingerprint density at radius 3 is 1.32 bits per heavy atom. The van der Waals surface area contributed by atoms with Crippen LogP contribution in [0, 0.1) is 0 Å². The summed E-state index contributed by atoms with van der Waals surface area (Å²) in [6.07, 6.45) is 0. The highest BCUT2D eigenvalue weighted by Gasteiger charge is 2.16. The van der Waals surface area contributed by atoms with Crippen molar-refractivity contribution in [3.63, 3.8) is 0 Å². The first kappa shape index (κ1) is 19.5. The fraction of sp³-hybridized carbons (Fsp3) is 0.0370. The Balaban J connectivity index is 1.82. The molecule has 31 heavy (non-hydrogen) atoms. The minimum Gasteiger partial charge on any atom is -0.285 e. The lowest BCUT2D eigenvalue weighted by molar-refractivity contribution is 0.482. The molecule has 3 nitrogen and oxygen atoms in total. The van der Waals surface area contributed by atoms with E-state index in [1.54, 1.807) is 12.1 Å². The van der Waals surface area contributed by atoms with Crippen molar-refractivity contribution in [2.24, 2.45) is 0 Å². The monoisotopic (exact) mass is 424 g/mol. The van der Waals surface area contributed by atoms with Gasteiger partial charge in [-0.2, -0.15) is 8.42 Å². The SMILES string of the molecule is O=S(=O)(O)Cc1ccc(-c2c3ccccc3c(-c3ccccc3)c3ccccc23)cc1. The Labute approximate surface area is 181 Å². The minimum atomic E-state index is -4.06. The molecule has 152 valence electrons. The van der Waals surface area contributed by atoms with Crippen molar-refractivity contribution in [3.05, 3.63) is 109 Å². The molecule has 0 heterocycles. The lowest BCUT2D eigenvalue weighted by Crippen LogP contribution is -2.01. The Kier molecular flexibility index (Phi) is 4.81. The van der Waals surface area contributed by atoms with Crippen LogP contribution in [0.5, 0.6) is 0 Å². The third kappa shape index (κ3) is 3.72. The predicted octanol–water partition coefficient (Wildman–Crippen LogP) is 6.71. The summed E-state index contributed by atoms with van der Waals surface area (Å²) in [7, 11) is -4.06. The molecule has 1 N–H and O–H groups in total. The van der Waals surface area contributed by atoms with Crippen LogP contribution in [0.15, 0.2) is 103 Å². The third-order valence-corrected chi connectivity index (χ3v) is 6.28. The zero-order chi connectivity index (χ0) is 21.4. The van der Waals surface area contributed by atoms with Gasteiger partial charge in [-0.25, -0.2) is 0 Å². The van der Waals surface area contributed by atoms with Crippen LogP contribution in [0.1, 0.15) is 5.56 Å². The van der Waals surface area contributed by atoms with Gasteiger partial charge in [0.2, 0.25) is 0 Å². The molecule has 0 radical (unpaired) electrons. The minimum absolute atomic E-state index is 0.387. The van der Waals surface area contributed by atoms with Crippen LogP contribution in [0.4, 0.5) is 0 Å². The molecule has 5 aromatic rings. The van der Waals surface area contributed by atoms with E-state index in [1.165, 1.54) is 21.9 Å². The first-order valence-electron chi connectivity index (χ1n) is 10.0. The average molecular weight is 425 g/mol. The van der Waals surface area contributed by atoms with Crippen molar-refractivity contribution in [1.29, 1.82) is 0 Å². The summed E-state index contributed by atoms with van der Waals surface area (Å²) in [4.78, 5) is 0. The molecule has 0 fully saturated rings. The summed E-state index contributed by atoms with van der Waals surface area (Å²) in [5.74, 6) is -0.387. The Morgan fingerprint density at radius 2 is 0.903 bits per heavy atom. The number of fused-ring (bicyclic) bond motifs is 2. The molecule has 0 unspecified atom stereocenters. The third-order valence-electron chi connectivity index (χ3n) is 5.59. The van der Waals surface area contributed by atoms with E-state index < -0.39 is 10.1 Å². The molecular weight excluding hydrogens is 404 g/mol. The van der Waals surface area contributed by atoms with Crippen LogP contribution < -0.4 is 0 Å². The first-order valence-corrected chi connectivity index (χ1v) is 11.7. The van der Waals surface area contributed by atoms with Crippen molar-refractivity contribution >= 4 is 31.7 Å². The lowest BCUT2D eigenvalue weighted by Gasteiger charge is -2.17. The molecule has 0 aliphatic carbocycles. The van der Waals surface area contributed by atoms with Crippen LogP contribution in [0.25, 0.3) is 43.8 Å². The summed E-state index contributed by atoms with van der Waals surface area (Å²) in [6, 6.07) is 34.6.